The van der Waals surface area contributed by atoms with E-state index < -0.39 is 0 Å². The van der Waals surface area contributed by atoms with Gasteiger partial charge in [0.05, 0.1) is 13.2 Å². The summed E-state index contributed by atoms with van der Waals surface area (Å²) in [6.45, 7) is 3.57. The average Bonchev–Trinajstić information content (AvgIpc) is 3.05. The van der Waals surface area contributed by atoms with Gasteiger partial charge in [-0.2, -0.15) is 0 Å². The van der Waals surface area contributed by atoms with Crippen LogP contribution in [0.15, 0.2) is 53.0 Å². The largest absolute Gasteiger partial charge is 0.483 e. The summed E-state index contributed by atoms with van der Waals surface area (Å²) in [7, 11) is 3.88. The molecule has 144 valence electrons. The Bertz CT molecular complexity index is 847. The van der Waals surface area contributed by atoms with Gasteiger partial charge in [-0.1, -0.05) is 57.6 Å². The standard InChI is InChI=1S/C22H26BrNO2S/c1-24(14-16-25-2)13-5-6-15-26-22-21(17-9-11-18(23)12-10-17)19-7-3-4-8-20(19)27-22/h3-4,7-12H,5-6,13-16H2,1-2H3. The molecular formula is C22H26BrNO2S. The van der Waals surface area contributed by atoms with Crippen LogP contribution in [-0.2, 0) is 4.74 Å². The van der Waals surface area contributed by atoms with E-state index in [0.29, 0.717) is 0 Å². The lowest BCUT2D eigenvalue weighted by molar-refractivity contribution is 0.159. The minimum absolute atomic E-state index is 0.745. The number of unbranched alkanes of at least 4 members (excludes halogenated alkanes) is 1. The predicted octanol–water partition coefficient (Wildman–Crippen LogP) is 6.07. The van der Waals surface area contributed by atoms with Crippen molar-refractivity contribution in [2.45, 2.75) is 12.8 Å². The van der Waals surface area contributed by atoms with Crippen molar-refractivity contribution in [3.05, 3.63) is 53.0 Å². The van der Waals surface area contributed by atoms with Gasteiger partial charge in [-0.15, -0.1) is 0 Å². The van der Waals surface area contributed by atoms with Crippen molar-refractivity contribution >= 4 is 37.4 Å². The lowest BCUT2D eigenvalue weighted by Crippen LogP contribution is -2.24. The zero-order valence-electron chi connectivity index (χ0n) is 15.9. The van der Waals surface area contributed by atoms with Crippen LogP contribution in [0.4, 0.5) is 0 Å². The van der Waals surface area contributed by atoms with Crippen molar-refractivity contribution in [3.63, 3.8) is 0 Å². The summed E-state index contributed by atoms with van der Waals surface area (Å²) >= 11 is 5.26. The van der Waals surface area contributed by atoms with Gasteiger partial charge in [0.1, 0.15) is 0 Å². The molecule has 27 heavy (non-hydrogen) atoms. The number of ether oxygens (including phenoxy) is 2. The third kappa shape index (κ3) is 5.55. The summed E-state index contributed by atoms with van der Waals surface area (Å²) in [5.41, 5.74) is 2.41. The molecule has 0 N–H and O–H groups in total. The molecule has 0 amide bonds. The molecule has 0 saturated heterocycles. The number of methoxy groups -OCH3 is 1. The van der Waals surface area contributed by atoms with Gasteiger partial charge in [0.2, 0.25) is 0 Å². The molecule has 5 heteroatoms. The fourth-order valence-corrected chi connectivity index (χ4v) is 4.39. The molecule has 0 aliphatic carbocycles. The van der Waals surface area contributed by atoms with Gasteiger partial charge in [-0.25, -0.2) is 0 Å². The number of thiophene rings is 1. The molecule has 3 aromatic rings. The molecule has 1 aromatic heterocycles. The van der Waals surface area contributed by atoms with E-state index in [0.717, 1.165) is 48.7 Å². The molecule has 0 unspecified atom stereocenters. The van der Waals surface area contributed by atoms with Gasteiger partial charge in [-0.05, 0) is 50.2 Å². The molecule has 0 aliphatic heterocycles. The van der Waals surface area contributed by atoms with Gasteiger partial charge < -0.3 is 14.4 Å². The van der Waals surface area contributed by atoms with E-state index in [2.05, 4.69) is 76.4 Å². The van der Waals surface area contributed by atoms with Crippen LogP contribution in [0.3, 0.4) is 0 Å². The third-order valence-corrected chi connectivity index (χ3v) is 6.15. The molecule has 3 nitrogen and oxygen atoms in total. The Balaban J connectivity index is 1.66. The summed E-state index contributed by atoms with van der Waals surface area (Å²) < 4.78 is 13.7. The minimum atomic E-state index is 0.745. The first-order valence-corrected chi connectivity index (χ1v) is 10.9. The van der Waals surface area contributed by atoms with Crippen LogP contribution < -0.4 is 4.74 Å². The number of halogens is 1. The molecule has 0 saturated carbocycles. The van der Waals surface area contributed by atoms with E-state index in [1.54, 1.807) is 18.4 Å². The summed E-state index contributed by atoms with van der Waals surface area (Å²) in [5, 5.41) is 2.28. The Morgan fingerprint density at radius 3 is 2.52 bits per heavy atom. The normalized spacial score (nSPS) is 11.4. The summed E-state index contributed by atoms with van der Waals surface area (Å²) in [6.07, 6.45) is 2.17. The van der Waals surface area contributed by atoms with E-state index in [1.165, 1.54) is 21.2 Å². The second-order valence-corrected chi connectivity index (χ2v) is 8.55. The smallest absolute Gasteiger partial charge is 0.182 e. The first-order valence-electron chi connectivity index (χ1n) is 9.27. The molecule has 0 fully saturated rings. The van der Waals surface area contributed by atoms with Gasteiger partial charge >= 0.3 is 0 Å². The van der Waals surface area contributed by atoms with Crippen LogP contribution in [0.2, 0.25) is 0 Å². The third-order valence-electron chi connectivity index (χ3n) is 4.54. The van der Waals surface area contributed by atoms with Crippen molar-refractivity contribution in [2.75, 3.05) is 40.5 Å². The van der Waals surface area contributed by atoms with Gasteiger partial charge in [0.25, 0.3) is 0 Å². The fourth-order valence-electron chi connectivity index (χ4n) is 3.02. The van der Waals surface area contributed by atoms with Crippen molar-refractivity contribution in [2.24, 2.45) is 0 Å². The Morgan fingerprint density at radius 1 is 0.963 bits per heavy atom. The zero-order chi connectivity index (χ0) is 19.1. The summed E-state index contributed by atoms with van der Waals surface area (Å²) in [4.78, 5) is 2.30. The molecule has 0 aliphatic rings. The SMILES string of the molecule is COCCN(C)CCCCOc1sc2ccccc2c1-c1ccc(Br)cc1. The molecule has 0 bridgehead atoms. The second-order valence-electron chi connectivity index (χ2n) is 6.62. The maximum Gasteiger partial charge on any atom is 0.182 e. The van der Waals surface area contributed by atoms with E-state index in [1.807, 2.05) is 0 Å². The quantitative estimate of drug-likeness (QED) is 0.352. The molecule has 3 rings (SSSR count). The van der Waals surface area contributed by atoms with E-state index in [9.17, 15) is 0 Å². The van der Waals surface area contributed by atoms with Crippen LogP contribution in [0.25, 0.3) is 21.2 Å². The van der Waals surface area contributed by atoms with Gasteiger partial charge in [0, 0.05) is 33.8 Å². The average molecular weight is 448 g/mol. The lowest BCUT2D eigenvalue weighted by atomic mass is 10.0. The lowest BCUT2D eigenvalue weighted by Gasteiger charge is -2.15. The topological polar surface area (TPSA) is 21.7 Å². The number of rotatable bonds is 10. The fraction of sp³-hybridized carbons (Fsp3) is 0.364. The molecule has 0 spiro atoms. The summed E-state index contributed by atoms with van der Waals surface area (Å²) in [6, 6.07) is 17.0. The highest BCUT2D eigenvalue weighted by Gasteiger charge is 2.15. The number of likely N-dealkylation sites (N-methyl/N-ethyl adjacent to an activating group) is 1. The van der Waals surface area contributed by atoms with E-state index in [-0.39, 0.29) is 0 Å². The maximum absolute atomic E-state index is 6.23. The van der Waals surface area contributed by atoms with Crippen molar-refractivity contribution in [1.82, 2.24) is 4.90 Å². The zero-order valence-corrected chi connectivity index (χ0v) is 18.3. The molecular weight excluding hydrogens is 422 g/mol. The highest BCUT2D eigenvalue weighted by Crippen LogP contribution is 2.44. The van der Waals surface area contributed by atoms with Crippen molar-refractivity contribution in [1.29, 1.82) is 0 Å². The van der Waals surface area contributed by atoms with E-state index >= 15 is 0 Å². The molecule has 0 radical (unpaired) electrons. The summed E-state index contributed by atoms with van der Waals surface area (Å²) in [5.74, 6) is 0. The van der Waals surface area contributed by atoms with Crippen LogP contribution in [0.5, 0.6) is 5.06 Å². The molecule has 0 atom stereocenters. The van der Waals surface area contributed by atoms with Gasteiger partial charge in [-0.3, -0.25) is 0 Å². The van der Waals surface area contributed by atoms with Crippen LogP contribution in [0, 0.1) is 0 Å². The number of hydrogen-bond donors (Lipinski definition) is 0. The minimum Gasteiger partial charge on any atom is -0.483 e. The second kappa shape index (κ2) is 10.2. The first kappa shape index (κ1) is 20.3. The predicted molar refractivity (Wildman–Crippen MR) is 119 cm³/mol. The molecule has 1 heterocycles. The Hall–Kier alpha value is -1.40. The first-order chi connectivity index (χ1) is 13.2. The number of nitrogens with zero attached hydrogens (tertiary/aromatic N) is 1. The van der Waals surface area contributed by atoms with Crippen LogP contribution >= 0.6 is 27.3 Å². The number of hydrogen-bond acceptors (Lipinski definition) is 4. The molecule has 2 aromatic carbocycles. The van der Waals surface area contributed by atoms with Crippen molar-refractivity contribution < 1.29 is 9.47 Å². The van der Waals surface area contributed by atoms with Crippen LogP contribution in [0.1, 0.15) is 12.8 Å². The number of benzene rings is 2. The van der Waals surface area contributed by atoms with E-state index in [4.69, 9.17) is 9.47 Å². The van der Waals surface area contributed by atoms with Gasteiger partial charge in [0.15, 0.2) is 5.06 Å². The number of fused-ring (bicyclic) bond motifs is 1. The Morgan fingerprint density at radius 2 is 1.74 bits per heavy atom. The monoisotopic (exact) mass is 447 g/mol. The highest BCUT2D eigenvalue weighted by atomic mass is 79.9. The Labute approximate surface area is 174 Å². The maximum atomic E-state index is 6.23. The van der Waals surface area contributed by atoms with Crippen LogP contribution in [-0.4, -0.2) is 45.4 Å². The highest BCUT2D eigenvalue weighted by molar-refractivity contribution is 9.10. The van der Waals surface area contributed by atoms with Crippen molar-refractivity contribution in [3.8, 4) is 16.2 Å². The Kier molecular flexibility index (Phi) is 7.70.